The summed E-state index contributed by atoms with van der Waals surface area (Å²) in [6.07, 6.45) is 11.4. The molecule has 2 aliphatic heterocycles. The van der Waals surface area contributed by atoms with Gasteiger partial charge in [-0.3, -0.25) is 4.79 Å². The molecular weight excluding hydrogens is 288 g/mol. The molecule has 23 heavy (non-hydrogen) atoms. The Morgan fingerprint density at radius 3 is 2.48 bits per heavy atom. The van der Waals surface area contributed by atoms with Crippen molar-refractivity contribution in [2.24, 2.45) is 5.92 Å². The van der Waals surface area contributed by atoms with Crippen LogP contribution in [0.3, 0.4) is 0 Å². The van der Waals surface area contributed by atoms with Crippen LogP contribution in [0.25, 0.3) is 0 Å². The van der Waals surface area contributed by atoms with E-state index in [0.29, 0.717) is 6.04 Å². The van der Waals surface area contributed by atoms with Crippen LogP contribution in [0.15, 0.2) is 35.7 Å². The van der Waals surface area contributed by atoms with Gasteiger partial charge in [0.1, 0.15) is 0 Å². The van der Waals surface area contributed by atoms with Crippen molar-refractivity contribution in [3.63, 3.8) is 0 Å². The lowest BCUT2D eigenvalue weighted by Crippen LogP contribution is -2.41. The van der Waals surface area contributed by atoms with Crippen LogP contribution in [0.2, 0.25) is 0 Å². The van der Waals surface area contributed by atoms with Crippen LogP contribution in [-0.2, 0) is 4.79 Å². The Labute approximate surface area is 141 Å². The maximum absolute atomic E-state index is 11.0. The van der Waals surface area contributed by atoms with Gasteiger partial charge in [0.15, 0.2) is 0 Å². The van der Waals surface area contributed by atoms with Gasteiger partial charge in [-0.05, 0) is 58.5 Å². The van der Waals surface area contributed by atoms with E-state index in [-0.39, 0.29) is 0 Å². The van der Waals surface area contributed by atoms with Crippen LogP contribution < -0.4 is 0 Å². The van der Waals surface area contributed by atoms with Gasteiger partial charge in [-0.15, -0.1) is 0 Å². The lowest BCUT2D eigenvalue weighted by atomic mass is 9.96. The average Bonchev–Trinajstić information content (AvgIpc) is 2.57. The van der Waals surface area contributed by atoms with Crippen molar-refractivity contribution in [2.75, 3.05) is 20.1 Å². The molecule has 1 unspecified atom stereocenters. The maximum Gasteiger partial charge on any atom is 0.310 e. The molecule has 2 rings (SSSR count). The first kappa shape index (κ1) is 19.5. The van der Waals surface area contributed by atoms with Gasteiger partial charge in [-0.2, -0.15) is 0 Å². The van der Waals surface area contributed by atoms with Gasteiger partial charge >= 0.3 is 5.97 Å². The molecule has 1 saturated heterocycles. The van der Waals surface area contributed by atoms with E-state index in [4.69, 9.17) is 5.11 Å². The van der Waals surface area contributed by atoms with E-state index in [0.717, 1.165) is 25.1 Å². The molecular formula is C19H32N2O2. The predicted molar refractivity (Wildman–Crippen MR) is 96.1 cm³/mol. The Bertz CT molecular complexity index is 472. The molecule has 2 aliphatic rings. The van der Waals surface area contributed by atoms with Gasteiger partial charge in [0.05, 0.1) is 5.92 Å². The van der Waals surface area contributed by atoms with Crippen LogP contribution in [0.4, 0.5) is 0 Å². The lowest BCUT2D eigenvalue weighted by Gasteiger charge is -2.39. The van der Waals surface area contributed by atoms with E-state index in [1.165, 1.54) is 18.5 Å². The quantitative estimate of drug-likeness (QED) is 0.857. The summed E-state index contributed by atoms with van der Waals surface area (Å²) in [7, 11) is 2.17. The van der Waals surface area contributed by atoms with E-state index in [1.807, 2.05) is 19.9 Å². The molecule has 0 amide bonds. The first-order chi connectivity index (χ1) is 11.0. The molecule has 0 radical (unpaired) electrons. The number of carboxylic acid groups (broad SMARTS) is 1. The number of piperidine rings is 1. The number of allylic oxidation sites excluding steroid dienone is 3. The molecule has 0 aromatic carbocycles. The number of aliphatic carboxylic acids is 1. The van der Waals surface area contributed by atoms with Crippen molar-refractivity contribution in [1.82, 2.24) is 9.80 Å². The van der Waals surface area contributed by atoms with E-state index < -0.39 is 11.9 Å². The zero-order valence-electron chi connectivity index (χ0n) is 15.2. The fraction of sp³-hybridized carbons (Fsp3) is 0.632. The Morgan fingerprint density at radius 1 is 1.35 bits per heavy atom. The van der Waals surface area contributed by atoms with Crippen molar-refractivity contribution >= 4 is 5.97 Å². The van der Waals surface area contributed by atoms with Crippen LogP contribution >= 0.6 is 0 Å². The van der Waals surface area contributed by atoms with E-state index >= 15 is 0 Å². The van der Waals surface area contributed by atoms with Gasteiger partial charge in [0.25, 0.3) is 0 Å². The van der Waals surface area contributed by atoms with Crippen LogP contribution in [-0.4, -0.2) is 47.1 Å². The summed E-state index contributed by atoms with van der Waals surface area (Å²) in [6.45, 7) is 10.1. The van der Waals surface area contributed by atoms with Crippen molar-refractivity contribution in [2.45, 2.75) is 53.0 Å². The third-order valence-electron chi connectivity index (χ3n) is 4.43. The first-order valence-electron chi connectivity index (χ1n) is 8.75. The molecule has 0 aromatic rings. The summed E-state index contributed by atoms with van der Waals surface area (Å²) in [6, 6.07) is 0.571. The topological polar surface area (TPSA) is 43.8 Å². The minimum atomic E-state index is -0.768. The summed E-state index contributed by atoms with van der Waals surface area (Å²) in [4.78, 5) is 15.7. The predicted octanol–water partition coefficient (Wildman–Crippen LogP) is 3.88. The minimum Gasteiger partial charge on any atom is -0.481 e. The Morgan fingerprint density at radius 2 is 1.96 bits per heavy atom. The Hall–Kier alpha value is -1.55. The summed E-state index contributed by atoms with van der Waals surface area (Å²) in [5.41, 5.74) is 2.39. The van der Waals surface area contributed by atoms with Crippen LogP contribution in [0.5, 0.6) is 0 Å². The van der Waals surface area contributed by atoms with Crippen molar-refractivity contribution in [3.8, 4) is 0 Å². The molecule has 0 bridgehead atoms. The molecule has 0 spiro atoms. The number of hydrogen-bond acceptors (Lipinski definition) is 3. The van der Waals surface area contributed by atoms with E-state index in [1.54, 1.807) is 6.92 Å². The van der Waals surface area contributed by atoms with Gasteiger partial charge in [-0.1, -0.05) is 26.0 Å². The zero-order chi connectivity index (χ0) is 17.4. The lowest BCUT2D eigenvalue weighted by molar-refractivity contribution is -0.139. The van der Waals surface area contributed by atoms with Gasteiger partial charge < -0.3 is 14.9 Å². The van der Waals surface area contributed by atoms with E-state index in [9.17, 15) is 4.79 Å². The molecule has 4 heteroatoms. The first-order valence-corrected chi connectivity index (χ1v) is 8.75. The highest BCUT2D eigenvalue weighted by Crippen LogP contribution is 2.29. The Kier molecular flexibility index (Phi) is 8.10. The highest BCUT2D eigenvalue weighted by atomic mass is 16.4. The molecule has 0 aliphatic carbocycles. The fourth-order valence-electron chi connectivity index (χ4n) is 3.02. The minimum absolute atomic E-state index is 0.433. The standard InChI is InChI=1S/C17H26N2O2.C2H6/c1-4-15-12-14(11-13(2)17(20)21)5-10-19(15)16-6-8-18(3)9-7-16;1-2/h4-5,10-11,13,16H,6-9,12H2,1-3H3,(H,20,21);1-2H3/b14-11-,15-4+;. The zero-order valence-corrected chi connectivity index (χ0v) is 15.2. The largest absolute Gasteiger partial charge is 0.481 e. The number of carboxylic acids is 1. The maximum atomic E-state index is 11.0. The second-order valence-corrected chi connectivity index (χ2v) is 6.08. The summed E-state index contributed by atoms with van der Waals surface area (Å²) in [5.74, 6) is -1.20. The van der Waals surface area contributed by atoms with E-state index in [2.05, 4.69) is 42.1 Å². The van der Waals surface area contributed by atoms with Crippen LogP contribution in [0, 0.1) is 5.92 Å². The third-order valence-corrected chi connectivity index (χ3v) is 4.43. The molecule has 1 N–H and O–H groups in total. The van der Waals surface area contributed by atoms with Crippen LogP contribution in [0.1, 0.15) is 47.0 Å². The molecule has 1 atom stereocenters. The van der Waals surface area contributed by atoms with Crippen molar-refractivity contribution in [1.29, 1.82) is 0 Å². The smallest absolute Gasteiger partial charge is 0.310 e. The number of nitrogens with zero attached hydrogens (tertiary/aromatic N) is 2. The number of carbonyl (C=O) groups is 1. The second kappa shape index (κ2) is 9.56. The molecule has 4 nitrogen and oxygen atoms in total. The summed E-state index contributed by atoms with van der Waals surface area (Å²) < 4.78 is 0. The fourth-order valence-corrected chi connectivity index (χ4v) is 3.02. The molecule has 130 valence electrons. The van der Waals surface area contributed by atoms with Gasteiger partial charge in [-0.25, -0.2) is 0 Å². The molecule has 0 aromatic heterocycles. The monoisotopic (exact) mass is 320 g/mol. The molecule has 0 saturated carbocycles. The third kappa shape index (κ3) is 5.54. The van der Waals surface area contributed by atoms with Crippen molar-refractivity contribution < 1.29 is 9.90 Å². The molecule has 1 fully saturated rings. The number of hydrogen-bond donors (Lipinski definition) is 1. The summed E-state index contributed by atoms with van der Waals surface area (Å²) >= 11 is 0. The average molecular weight is 320 g/mol. The highest BCUT2D eigenvalue weighted by molar-refractivity contribution is 5.72. The highest BCUT2D eigenvalue weighted by Gasteiger charge is 2.25. The number of likely N-dealkylation sites (tertiary alicyclic amines) is 1. The second-order valence-electron chi connectivity index (χ2n) is 6.08. The number of rotatable bonds is 3. The Balaban J connectivity index is 0.00000127. The van der Waals surface area contributed by atoms with Crippen molar-refractivity contribution in [3.05, 3.63) is 35.7 Å². The van der Waals surface area contributed by atoms with Gasteiger partial charge in [0.2, 0.25) is 0 Å². The normalized spacial score (nSPS) is 24.5. The molecule has 2 heterocycles. The van der Waals surface area contributed by atoms with Gasteiger partial charge in [0, 0.05) is 24.4 Å². The SMILES string of the molecule is C/C=C1\C/C(=C\C(C)C(=O)O)C=CN1C1CCN(C)CC1.CC. The summed E-state index contributed by atoms with van der Waals surface area (Å²) in [5, 5.41) is 9.02.